The monoisotopic (exact) mass is 1220 g/mol. The molecule has 0 saturated carbocycles. The van der Waals surface area contributed by atoms with E-state index in [9.17, 15) is 16.8 Å². The first-order chi connectivity index (χ1) is 38.3. The molecule has 0 fully saturated rings. The molecule has 0 heterocycles. The third-order valence-electron chi connectivity index (χ3n) is 13.6. The van der Waals surface area contributed by atoms with Gasteiger partial charge in [-0.2, -0.15) is 0 Å². The zero-order valence-electron chi connectivity index (χ0n) is 54.6. The van der Waals surface area contributed by atoms with Crippen LogP contribution in [0.1, 0.15) is 211 Å². The number of ether oxygens (including phenoxy) is 4. The summed E-state index contributed by atoms with van der Waals surface area (Å²) in [5.74, 6) is 2.60. The molecule has 0 aromatic heterocycles. The maximum Gasteiger partial charge on any atom is 0.192 e. The van der Waals surface area contributed by atoms with Crippen LogP contribution >= 0.6 is 0 Å². The predicted molar refractivity (Wildman–Crippen MR) is 343 cm³/mol. The minimum atomic E-state index is -1.53. The van der Waals surface area contributed by atoms with E-state index in [1.54, 1.807) is 12.1 Å². The topological polar surface area (TPSA) is 142 Å². The lowest BCUT2D eigenvalue weighted by atomic mass is 9.72. The van der Waals surface area contributed by atoms with Crippen molar-refractivity contribution in [1.82, 2.24) is 0 Å². The normalized spacial score (nSPS) is 13.4. The van der Waals surface area contributed by atoms with Gasteiger partial charge in [0.05, 0.1) is 59.8 Å². The maximum atomic E-state index is 12.1. The van der Waals surface area contributed by atoms with Crippen LogP contribution in [0.5, 0.6) is 23.0 Å². The second kappa shape index (κ2) is 37.8. The molecule has 4 aromatic carbocycles. The van der Waals surface area contributed by atoms with Crippen molar-refractivity contribution < 1.29 is 52.5 Å². The molecule has 0 N–H and O–H groups in total. The summed E-state index contributed by atoms with van der Waals surface area (Å²) in [5, 5.41) is 0. The molecular formula is C66H108O12S4. The van der Waals surface area contributed by atoms with Gasteiger partial charge in [-0.05, 0) is 144 Å². The first-order valence-electron chi connectivity index (χ1n) is 29.3. The zero-order chi connectivity index (χ0) is 62.5. The van der Waals surface area contributed by atoms with Gasteiger partial charge in [0, 0.05) is 6.07 Å². The van der Waals surface area contributed by atoms with Gasteiger partial charge >= 0.3 is 0 Å². The number of benzene rings is 4. The number of hydrogen-bond acceptors (Lipinski definition) is 12. The van der Waals surface area contributed by atoms with Crippen LogP contribution < -0.4 is 18.9 Å². The van der Waals surface area contributed by atoms with Gasteiger partial charge in [-0.25, -0.2) is 16.8 Å². The Kier molecular flexibility index (Phi) is 35.3. The second-order valence-corrected chi connectivity index (χ2v) is 29.7. The lowest BCUT2D eigenvalue weighted by Crippen LogP contribution is -2.25. The maximum absolute atomic E-state index is 12.1. The van der Waals surface area contributed by atoms with Gasteiger partial charge in [0.2, 0.25) is 0 Å². The van der Waals surface area contributed by atoms with Crippen molar-refractivity contribution in [3.63, 3.8) is 0 Å². The summed E-state index contributed by atoms with van der Waals surface area (Å²) in [6.45, 7) is 41.6. The summed E-state index contributed by atoms with van der Waals surface area (Å²) >= 11 is -5.88. The van der Waals surface area contributed by atoms with E-state index in [0.29, 0.717) is 64.1 Å². The average molecular weight is 1220 g/mol. The summed E-state index contributed by atoms with van der Waals surface area (Å²) in [7, 11) is 5.79. The Morgan fingerprint density at radius 3 is 1.13 bits per heavy atom. The van der Waals surface area contributed by atoms with Crippen LogP contribution in [0.25, 0.3) is 0 Å². The van der Waals surface area contributed by atoms with E-state index in [4.69, 9.17) is 35.7 Å². The number of hydrogen-bond donors (Lipinski definition) is 0. The van der Waals surface area contributed by atoms with Crippen molar-refractivity contribution in [2.24, 2.45) is 10.8 Å². The van der Waals surface area contributed by atoms with Gasteiger partial charge in [-0.15, -0.1) is 0 Å². The minimum Gasteiger partial charge on any atom is -0.494 e. The molecule has 4 unspecified atom stereocenters. The third kappa shape index (κ3) is 27.7. The number of rotatable bonds is 30. The Balaban J connectivity index is 0.000000547. The summed E-state index contributed by atoms with van der Waals surface area (Å²) in [4.78, 5) is 2.55. The van der Waals surface area contributed by atoms with Crippen LogP contribution in [0.3, 0.4) is 0 Å². The molecule has 4 aromatic rings. The fourth-order valence-electron chi connectivity index (χ4n) is 9.33. The molecule has 0 radical (unpaired) electrons. The molecule has 4 atom stereocenters. The second-order valence-electron chi connectivity index (χ2n) is 24.7. The smallest absolute Gasteiger partial charge is 0.192 e. The van der Waals surface area contributed by atoms with E-state index in [0.717, 1.165) is 73.0 Å². The van der Waals surface area contributed by atoms with Crippen molar-refractivity contribution in [3.05, 3.63) is 95.1 Å². The fraction of sp³-hybridized carbons (Fsp3) is 0.636. The highest BCUT2D eigenvalue weighted by Crippen LogP contribution is 2.40. The zero-order valence-corrected chi connectivity index (χ0v) is 57.8. The third-order valence-corrected chi connectivity index (χ3v) is 17.6. The highest BCUT2D eigenvalue weighted by Gasteiger charge is 2.30. The van der Waals surface area contributed by atoms with Crippen molar-refractivity contribution in [1.29, 1.82) is 0 Å². The van der Waals surface area contributed by atoms with Gasteiger partial charge < -0.3 is 18.9 Å². The number of unbranched alkanes of at least 4 members (excludes halogenated alkanes) is 5. The SMILES string of the molecule is CCCCCCOc1ccc(C(C)(C)CC)cc1S(=O)OC.CCCCOc1ccc(OCCCC)c(S(=O)OC)c1.CCOc1ccc(C(C)(C)CC(C)(C)C)cc1S(=O)OC.COS(=O)c1cc(C(C)(C)CC(C)(C)C)ccc1C. The van der Waals surface area contributed by atoms with E-state index in [1.165, 1.54) is 53.3 Å². The summed E-state index contributed by atoms with van der Waals surface area (Å²) in [5.41, 5.74) is 5.12. The molecule has 0 aliphatic heterocycles. The molecule has 82 heavy (non-hydrogen) atoms. The molecule has 0 saturated heterocycles. The Bertz CT molecular complexity index is 2580. The van der Waals surface area contributed by atoms with E-state index < -0.39 is 44.3 Å². The lowest BCUT2D eigenvalue weighted by molar-refractivity contribution is 0.282. The van der Waals surface area contributed by atoms with Gasteiger partial charge in [0.25, 0.3) is 0 Å². The van der Waals surface area contributed by atoms with Gasteiger partial charge in [-0.3, -0.25) is 16.7 Å². The van der Waals surface area contributed by atoms with Crippen LogP contribution in [0.2, 0.25) is 0 Å². The molecule has 16 heteroatoms. The average Bonchev–Trinajstić information content (AvgIpc) is 3.63. The Hall–Kier alpha value is -3.48. The van der Waals surface area contributed by atoms with Crippen LogP contribution in [-0.2, 0) is 77.3 Å². The summed E-state index contributed by atoms with van der Waals surface area (Å²) < 4.78 is 90.5. The standard InChI is InChI=1S/C18H30O3S.C17H28O3S.C16H26O2S.C15H24O4S/c1-6-8-9-10-13-21-16-12-11-15(18(3,4)7-2)14-17(16)22(19)20-5;1-8-20-14-10-9-13(11-15(14)21(18)19-7)17(5,6)12-16(2,3)4;1-12-8-9-13(10-14(12)19(17)18-7)16(5,6)11-15(2,3)4;1-4-6-10-18-13-8-9-14(19-11-7-5-2)15(12-13)20(16)17-3/h11-12,14H,6-10,13H2,1-5H3;9-11H,8,12H2,1-7H3;8-10H,11H2,1-7H3;8-9,12H,4-7,10-11H2,1-3H3. The van der Waals surface area contributed by atoms with Crippen LogP contribution in [0, 0.1) is 17.8 Å². The van der Waals surface area contributed by atoms with Crippen LogP contribution in [-0.4, -0.2) is 71.7 Å². The minimum absolute atomic E-state index is 0.00428. The predicted octanol–water partition coefficient (Wildman–Crippen LogP) is 17.6. The van der Waals surface area contributed by atoms with E-state index in [-0.39, 0.29) is 27.1 Å². The summed E-state index contributed by atoms with van der Waals surface area (Å²) in [6, 6.07) is 23.4. The van der Waals surface area contributed by atoms with Gasteiger partial charge in [0.15, 0.2) is 44.3 Å². The highest BCUT2D eigenvalue weighted by molar-refractivity contribution is 7.81. The van der Waals surface area contributed by atoms with Crippen molar-refractivity contribution >= 4 is 44.3 Å². The molecule has 4 rings (SSSR count). The van der Waals surface area contributed by atoms with E-state index >= 15 is 0 Å². The molecule has 0 amide bonds. The largest absolute Gasteiger partial charge is 0.494 e. The highest BCUT2D eigenvalue weighted by atomic mass is 32.2. The molecule has 0 bridgehead atoms. The Morgan fingerprint density at radius 1 is 0.378 bits per heavy atom. The first kappa shape index (κ1) is 76.5. The van der Waals surface area contributed by atoms with Crippen molar-refractivity contribution in [3.8, 4) is 23.0 Å². The molecule has 12 nitrogen and oxygen atoms in total. The molecule has 0 aliphatic rings. The lowest BCUT2D eigenvalue weighted by Gasteiger charge is -2.33. The first-order valence-corrected chi connectivity index (χ1v) is 33.6. The van der Waals surface area contributed by atoms with Gasteiger partial charge in [-0.1, -0.05) is 167 Å². The van der Waals surface area contributed by atoms with Crippen LogP contribution in [0.4, 0.5) is 0 Å². The summed E-state index contributed by atoms with van der Waals surface area (Å²) in [6.07, 6.45) is 11.8. The van der Waals surface area contributed by atoms with E-state index in [1.807, 2.05) is 56.3 Å². The molecular weight excluding hydrogens is 1110 g/mol. The van der Waals surface area contributed by atoms with E-state index in [2.05, 4.69) is 129 Å². The van der Waals surface area contributed by atoms with Crippen molar-refractivity contribution in [2.75, 3.05) is 54.9 Å². The Morgan fingerprint density at radius 2 is 0.732 bits per heavy atom. The van der Waals surface area contributed by atoms with Crippen molar-refractivity contribution in [2.45, 2.75) is 231 Å². The molecule has 0 aliphatic carbocycles. The quantitative estimate of drug-likeness (QED) is 0.0459. The fourth-order valence-corrected chi connectivity index (χ4v) is 12.1. The Labute approximate surface area is 508 Å². The molecule has 468 valence electrons. The number of aryl methyl sites for hydroxylation is 1. The molecule has 0 spiro atoms. The van der Waals surface area contributed by atoms with Crippen LogP contribution in [0.15, 0.2) is 92.4 Å². The van der Waals surface area contributed by atoms with Gasteiger partial charge in [0.1, 0.15) is 37.7 Å².